The summed E-state index contributed by atoms with van der Waals surface area (Å²) >= 11 is 1.39. The Morgan fingerprint density at radius 1 is 1.04 bits per heavy atom. The van der Waals surface area contributed by atoms with Crippen molar-refractivity contribution in [3.05, 3.63) is 71.9 Å². The topological polar surface area (TPSA) is 85.6 Å². The van der Waals surface area contributed by atoms with Gasteiger partial charge in [0, 0.05) is 16.5 Å². The molecule has 2 heterocycles. The van der Waals surface area contributed by atoms with Crippen molar-refractivity contribution in [3.63, 3.8) is 0 Å². The van der Waals surface area contributed by atoms with E-state index in [2.05, 4.69) is 25.8 Å². The van der Waals surface area contributed by atoms with E-state index in [1.807, 2.05) is 35.7 Å². The van der Waals surface area contributed by atoms with Gasteiger partial charge in [-0.2, -0.15) is 0 Å². The fourth-order valence-corrected chi connectivity index (χ4v) is 3.00. The minimum Gasteiger partial charge on any atom is -0.298 e. The standard InChI is InChI=1S/C17H12N6OS/c24-16(13-6-8-14(9-7-13)23-11-18-21-22-23)20-17-19-15(10-25-17)12-4-2-1-3-5-12/h1-11H,(H,19,20,24). The molecule has 1 amide bonds. The number of hydrogen-bond acceptors (Lipinski definition) is 6. The van der Waals surface area contributed by atoms with Crippen molar-refractivity contribution in [3.8, 4) is 16.9 Å². The van der Waals surface area contributed by atoms with E-state index in [1.54, 1.807) is 24.3 Å². The predicted molar refractivity (Wildman–Crippen MR) is 94.7 cm³/mol. The maximum absolute atomic E-state index is 12.4. The Morgan fingerprint density at radius 3 is 2.56 bits per heavy atom. The summed E-state index contributed by atoms with van der Waals surface area (Å²) in [4.78, 5) is 16.8. The summed E-state index contributed by atoms with van der Waals surface area (Å²) in [5.41, 5.74) is 3.18. The van der Waals surface area contributed by atoms with Crippen LogP contribution in [0.15, 0.2) is 66.3 Å². The SMILES string of the molecule is O=C(Nc1nc(-c2ccccc2)cs1)c1ccc(-n2cnnn2)cc1. The number of benzene rings is 2. The smallest absolute Gasteiger partial charge is 0.257 e. The summed E-state index contributed by atoms with van der Waals surface area (Å²) in [7, 11) is 0. The number of tetrazole rings is 1. The summed E-state index contributed by atoms with van der Waals surface area (Å²) in [6, 6.07) is 16.8. The molecule has 0 aliphatic carbocycles. The molecule has 0 saturated carbocycles. The highest BCUT2D eigenvalue weighted by Gasteiger charge is 2.10. The quantitative estimate of drug-likeness (QED) is 0.613. The average molecular weight is 348 g/mol. The third-order valence-electron chi connectivity index (χ3n) is 3.54. The fourth-order valence-electron chi connectivity index (χ4n) is 2.29. The van der Waals surface area contributed by atoms with Crippen LogP contribution in [0.25, 0.3) is 16.9 Å². The lowest BCUT2D eigenvalue weighted by Crippen LogP contribution is -2.11. The second-order valence-electron chi connectivity index (χ2n) is 5.16. The van der Waals surface area contributed by atoms with Crippen LogP contribution in [0.1, 0.15) is 10.4 Å². The van der Waals surface area contributed by atoms with E-state index in [9.17, 15) is 4.79 Å². The number of carbonyl (C=O) groups is 1. The first kappa shape index (κ1) is 15.2. The van der Waals surface area contributed by atoms with Crippen molar-refractivity contribution in [1.29, 1.82) is 0 Å². The van der Waals surface area contributed by atoms with Crippen LogP contribution < -0.4 is 5.32 Å². The minimum absolute atomic E-state index is 0.211. The van der Waals surface area contributed by atoms with E-state index >= 15 is 0 Å². The minimum atomic E-state index is -0.211. The molecule has 1 N–H and O–H groups in total. The lowest BCUT2D eigenvalue weighted by molar-refractivity contribution is 0.102. The van der Waals surface area contributed by atoms with Crippen LogP contribution >= 0.6 is 11.3 Å². The van der Waals surface area contributed by atoms with Gasteiger partial charge in [-0.25, -0.2) is 9.67 Å². The van der Waals surface area contributed by atoms with E-state index < -0.39 is 0 Å². The number of rotatable bonds is 4. The van der Waals surface area contributed by atoms with Crippen molar-refractivity contribution < 1.29 is 4.79 Å². The molecule has 8 heteroatoms. The highest BCUT2D eigenvalue weighted by atomic mass is 32.1. The molecule has 4 aromatic rings. The number of nitrogens with one attached hydrogen (secondary N) is 1. The van der Waals surface area contributed by atoms with Gasteiger partial charge in [0.15, 0.2) is 5.13 Å². The van der Waals surface area contributed by atoms with Crippen molar-refractivity contribution in [2.24, 2.45) is 0 Å². The van der Waals surface area contributed by atoms with Gasteiger partial charge in [-0.15, -0.1) is 16.4 Å². The van der Waals surface area contributed by atoms with Crippen LogP contribution in [-0.4, -0.2) is 31.1 Å². The number of carbonyl (C=O) groups excluding carboxylic acids is 1. The molecule has 4 rings (SSSR count). The molecule has 0 bridgehead atoms. The highest BCUT2D eigenvalue weighted by molar-refractivity contribution is 7.14. The summed E-state index contributed by atoms with van der Waals surface area (Å²) in [5, 5.41) is 16.3. The van der Waals surface area contributed by atoms with E-state index in [1.165, 1.54) is 22.3 Å². The zero-order chi connectivity index (χ0) is 17.1. The molecule has 0 radical (unpaired) electrons. The monoisotopic (exact) mass is 348 g/mol. The van der Waals surface area contributed by atoms with Crippen LogP contribution in [0.3, 0.4) is 0 Å². The number of hydrogen-bond donors (Lipinski definition) is 1. The molecule has 0 atom stereocenters. The van der Waals surface area contributed by atoms with Crippen LogP contribution in [0, 0.1) is 0 Å². The molecule has 0 aliphatic rings. The fraction of sp³-hybridized carbons (Fsp3) is 0. The summed E-state index contributed by atoms with van der Waals surface area (Å²) in [6.07, 6.45) is 1.50. The maximum Gasteiger partial charge on any atom is 0.257 e. The van der Waals surface area contributed by atoms with Crippen LogP contribution in [-0.2, 0) is 0 Å². The maximum atomic E-state index is 12.4. The summed E-state index contributed by atoms with van der Waals surface area (Å²) in [5.74, 6) is -0.211. The third kappa shape index (κ3) is 3.29. The predicted octanol–water partition coefficient (Wildman–Crippen LogP) is 3.04. The molecule has 2 aromatic heterocycles. The average Bonchev–Trinajstić information content (AvgIpc) is 3.35. The number of anilines is 1. The molecular weight excluding hydrogens is 336 g/mol. The van der Waals surface area contributed by atoms with Crippen molar-refractivity contribution in [1.82, 2.24) is 25.2 Å². The molecule has 0 unspecified atom stereocenters. The van der Waals surface area contributed by atoms with Gasteiger partial charge in [-0.1, -0.05) is 30.3 Å². The largest absolute Gasteiger partial charge is 0.298 e. The lowest BCUT2D eigenvalue weighted by Gasteiger charge is -2.03. The summed E-state index contributed by atoms with van der Waals surface area (Å²) < 4.78 is 1.52. The van der Waals surface area contributed by atoms with E-state index in [0.29, 0.717) is 10.7 Å². The first-order chi connectivity index (χ1) is 12.3. The van der Waals surface area contributed by atoms with Gasteiger partial charge < -0.3 is 0 Å². The Bertz CT molecular complexity index is 980. The van der Waals surface area contributed by atoms with Gasteiger partial charge in [0.2, 0.25) is 0 Å². The van der Waals surface area contributed by atoms with E-state index in [-0.39, 0.29) is 5.91 Å². The number of aromatic nitrogens is 5. The molecule has 0 fully saturated rings. The van der Waals surface area contributed by atoms with Crippen LogP contribution in [0.4, 0.5) is 5.13 Å². The Labute approximate surface area is 147 Å². The van der Waals surface area contributed by atoms with Gasteiger partial charge in [-0.05, 0) is 34.7 Å². The number of thiazole rings is 1. The number of amides is 1. The van der Waals surface area contributed by atoms with Gasteiger partial charge in [0.1, 0.15) is 6.33 Å². The van der Waals surface area contributed by atoms with Gasteiger partial charge >= 0.3 is 0 Å². The molecule has 0 spiro atoms. The second-order valence-corrected chi connectivity index (χ2v) is 6.02. The first-order valence-corrected chi connectivity index (χ1v) is 8.33. The van der Waals surface area contributed by atoms with E-state index in [4.69, 9.17) is 0 Å². The molecule has 0 aliphatic heterocycles. The lowest BCUT2D eigenvalue weighted by atomic mass is 10.2. The zero-order valence-corrected chi connectivity index (χ0v) is 13.7. The Kier molecular flexibility index (Phi) is 4.01. The normalized spacial score (nSPS) is 10.6. The van der Waals surface area contributed by atoms with Gasteiger partial charge in [0.05, 0.1) is 11.4 Å². The number of nitrogens with zero attached hydrogens (tertiary/aromatic N) is 5. The third-order valence-corrected chi connectivity index (χ3v) is 4.29. The van der Waals surface area contributed by atoms with Crippen LogP contribution in [0.5, 0.6) is 0 Å². The Hall–Kier alpha value is -3.39. The Morgan fingerprint density at radius 2 is 1.84 bits per heavy atom. The highest BCUT2D eigenvalue weighted by Crippen LogP contribution is 2.25. The van der Waals surface area contributed by atoms with Crippen molar-refractivity contribution in [2.75, 3.05) is 5.32 Å². The van der Waals surface area contributed by atoms with Gasteiger partial charge in [0.25, 0.3) is 5.91 Å². The molecule has 122 valence electrons. The molecule has 25 heavy (non-hydrogen) atoms. The summed E-state index contributed by atoms with van der Waals surface area (Å²) in [6.45, 7) is 0. The van der Waals surface area contributed by atoms with Crippen molar-refractivity contribution in [2.45, 2.75) is 0 Å². The first-order valence-electron chi connectivity index (χ1n) is 7.45. The molecule has 0 saturated heterocycles. The Balaban J connectivity index is 1.48. The van der Waals surface area contributed by atoms with Gasteiger partial charge in [-0.3, -0.25) is 10.1 Å². The molecule has 7 nitrogen and oxygen atoms in total. The van der Waals surface area contributed by atoms with E-state index in [0.717, 1.165) is 16.9 Å². The second kappa shape index (κ2) is 6.62. The zero-order valence-electron chi connectivity index (χ0n) is 12.9. The molecular formula is C17H12N6OS. The van der Waals surface area contributed by atoms with Crippen molar-refractivity contribution >= 4 is 22.4 Å². The molecule has 2 aromatic carbocycles. The van der Waals surface area contributed by atoms with Crippen LogP contribution in [0.2, 0.25) is 0 Å².